The van der Waals surface area contributed by atoms with Crippen LogP contribution in [0.3, 0.4) is 0 Å². The molecule has 0 bridgehead atoms. The SMILES string of the molecule is CC(C)OC(=O)NC(C)(CN)c1ccccc1. The lowest BCUT2D eigenvalue weighted by molar-refractivity contribution is 0.106. The summed E-state index contributed by atoms with van der Waals surface area (Å²) >= 11 is 0. The molecule has 0 fully saturated rings. The topological polar surface area (TPSA) is 64.3 Å². The maximum Gasteiger partial charge on any atom is 0.408 e. The number of nitrogens with two attached hydrogens (primary N) is 1. The molecule has 0 aromatic heterocycles. The van der Waals surface area contributed by atoms with E-state index in [2.05, 4.69) is 5.32 Å². The average Bonchev–Trinajstić information content (AvgIpc) is 2.29. The minimum Gasteiger partial charge on any atom is -0.447 e. The summed E-state index contributed by atoms with van der Waals surface area (Å²) in [4.78, 5) is 11.6. The summed E-state index contributed by atoms with van der Waals surface area (Å²) in [6.07, 6.45) is -0.593. The molecule has 1 atom stereocenters. The first kappa shape index (κ1) is 13.5. The second kappa shape index (κ2) is 5.68. The molecule has 94 valence electrons. The molecule has 1 unspecified atom stereocenters. The Labute approximate surface area is 102 Å². The van der Waals surface area contributed by atoms with Crippen molar-refractivity contribution in [2.45, 2.75) is 32.4 Å². The van der Waals surface area contributed by atoms with Crippen molar-refractivity contribution in [3.05, 3.63) is 35.9 Å². The third kappa shape index (κ3) is 3.75. The molecule has 1 aromatic rings. The molecule has 1 rings (SSSR count). The van der Waals surface area contributed by atoms with Crippen LogP contribution in [0.15, 0.2) is 30.3 Å². The number of amides is 1. The molecule has 17 heavy (non-hydrogen) atoms. The highest BCUT2D eigenvalue weighted by molar-refractivity contribution is 5.68. The lowest BCUT2D eigenvalue weighted by Gasteiger charge is -2.29. The average molecular weight is 236 g/mol. The fourth-order valence-corrected chi connectivity index (χ4v) is 1.52. The molecule has 3 N–H and O–H groups in total. The van der Waals surface area contributed by atoms with Gasteiger partial charge in [0, 0.05) is 6.54 Å². The molecule has 0 saturated heterocycles. The number of benzene rings is 1. The van der Waals surface area contributed by atoms with Gasteiger partial charge in [-0.15, -0.1) is 0 Å². The Morgan fingerprint density at radius 3 is 2.47 bits per heavy atom. The Bertz CT molecular complexity index is 365. The highest BCUT2D eigenvalue weighted by atomic mass is 16.6. The fourth-order valence-electron chi connectivity index (χ4n) is 1.52. The second-order valence-corrected chi connectivity index (χ2v) is 4.48. The van der Waals surface area contributed by atoms with Gasteiger partial charge in [0.05, 0.1) is 11.6 Å². The molecule has 0 heterocycles. The van der Waals surface area contributed by atoms with E-state index in [9.17, 15) is 4.79 Å². The Morgan fingerprint density at radius 1 is 1.41 bits per heavy atom. The van der Waals surface area contributed by atoms with E-state index in [1.807, 2.05) is 51.1 Å². The van der Waals surface area contributed by atoms with Crippen LogP contribution in [0, 0.1) is 0 Å². The van der Waals surface area contributed by atoms with Gasteiger partial charge < -0.3 is 15.8 Å². The summed E-state index contributed by atoms with van der Waals surface area (Å²) in [6, 6.07) is 9.62. The van der Waals surface area contributed by atoms with Crippen molar-refractivity contribution >= 4 is 6.09 Å². The zero-order valence-corrected chi connectivity index (χ0v) is 10.6. The van der Waals surface area contributed by atoms with Crippen molar-refractivity contribution in [1.29, 1.82) is 0 Å². The van der Waals surface area contributed by atoms with Gasteiger partial charge in [0.15, 0.2) is 0 Å². The van der Waals surface area contributed by atoms with Crippen molar-refractivity contribution < 1.29 is 9.53 Å². The van der Waals surface area contributed by atoms with E-state index >= 15 is 0 Å². The first-order valence-corrected chi connectivity index (χ1v) is 5.72. The van der Waals surface area contributed by atoms with Gasteiger partial charge in [0.25, 0.3) is 0 Å². The molecular formula is C13H20N2O2. The molecular weight excluding hydrogens is 216 g/mol. The minimum atomic E-state index is -0.604. The van der Waals surface area contributed by atoms with Crippen LogP contribution in [-0.4, -0.2) is 18.7 Å². The summed E-state index contributed by atoms with van der Waals surface area (Å²) in [7, 11) is 0. The van der Waals surface area contributed by atoms with Crippen LogP contribution >= 0.6 is 0 Å². The van der Waals surface area contributed by atoms with Gasteiger partial charge in [-0.25, -0.2) is 4.79 Å². The maximum atomic E-state index is 11.6. The maximum absolute atomic E-state index is 11.6. The van der Waals surface area contributed by atoms with Gasteiger partial charge in [0.1, 0.15) is 0 Å². The molecule has 4 heteroatoms. The summed E-state index contributed by atoms with van der Waals surface area (Å²) in [5.74, 6) is 0. The normalized spacial score (nSPS) is 14.2. The summed E-state index contributed by atoms with van der Waals surface area (Å²) in [5.41, 5.74) is 6.11. The predicted octanol–water partition coefficient (Wildman–Crippen LogP) is 2.00. The fraction of sp³-hybridized carbons (Fsp3) is 0.462. The van der Waals surface area contributed by atoms with Gasteiger partial charge >= 0.3 is 6.09 Å². The molecule has 0 aliphatic rings. The van der Waals surface area contributed by atoms with Crippen molar-refractivity contribution in [2.24, 2.45) is 5.73 Å². The van der Waals surface area contributed by atoms with E-state index in [0.717, 1.165) is 5.56 Å². The van der Waals surface area contributed by atoms with Crippen LogP contribution < -0.4 is 11.1 Å². The van der Waals surface area contributed by atoms with E-state index in [4.69, 9.17) is 10.5 Å². The lowest BCUT2D eigenvalue weighted by atomic mass is 9.92. The first-order valence-electron chi connectivity index (χ1n) is 5.72. The van der Waals surface area contributed by atoms with Crippen molar-refractivity contribution in [3.63, 3.8) is 0 Å². The Morgan fingerprint density at radius 2 is 2.00 bits per heavy atom. The summed E-state index contributed by atoms with van der Waals surface area (Å²) < 4.78 is 5.06. The van der Waals surface area contributed by atoms with E-state index < -0.39 is 11.6 Å². The number of rotatable bonds is 4. The quantitative estimate of drug-likeness (QED) is 0.840. The molecule has 1 amide bonds. The van der Waals surface area contributed by atoms with Crippen LogP contribution in [0.25, 0.3) is 0 Å². The molecule has 0 radical (unpaired) electrons. The summed E-state index contributed by atoms with van der Waals surface area (Å²) in [6.45, 7) is 5.80. The number of carbonyl (C=O) groups is 1. The molecule has 0 spiro atoms. The second-order valence-electron chi connectivity index (χ2n) is 4.48. The first-order chi connectivity index (χ1) is 7.98. The Hall–Kier alpha value is -1.55. The highest BCUT2D eigenvalue weighted by Crippen LogP contribution is 2.19. The number of hydrogen-bond donors (Lipinski definition) is 2. The van der Waals surface area contributed by atoms with Crippen molar-refractivity contribution in [1.82, 2.24) is 5.32 Å². The zero-order valence-electron chi connectivity index (χ0n) is 10.6. The van der Waals surface area contributed by atoms with E-state index in [1.54, 1.807) is 0 Å². The van der Waals surface area contributed by atoms with Gasteiger partial charge in [-0.05, 0) is 26.3 Å². The monoisotopic (exact) mass is 236 g/mol. The predicted molar refractivity (Wildman–Crippen MR) is 67.6 cm³/mol. The summed E-state index contributed by atoms with van der Waals surface area (Å²) in [5, 5.41) is 2.80. The van der Waals surface area contributed by atoms with E-state index in [0.29, 0.717) is 6.54 Å². The highest BCUT2D eigenvalue weighted by Gasteiger charge is 2.27. The van der Waals surface area contributed by atoms with Gasteiger partial charge in [-0.1, -0.05) is 30.3 Å². The van der Waals surface area contributed by atoms with Gasteiger partial charge in [-0.2, -0.15) is 0 Å². The van der Waals surface area contributed by atoms with Gasteiger partial charge in [0.2, 0.25) is 0 Å². The lowest BCUT2D eigenvalue weighted by Crippen LogP contribution is -2.49. The van der Waals surface area contributed by atoms with Crippen LogP contribution in [-0.2, 0) is 10.3 Å². The minimum absolute atomic E-state index is 0.146. The van der Waals surface area contributed by atoms with Crippen LogP contribution in [0.5, 0.6) is 0 Å². The number of hydrogen-bond acceptors (Lipinski definition) is 3. The Balaban J connectivity index is 2.79. The number of ether oxygens (including phenoxy) is 1. The van der Waals surface area contributed by atoms with Crippen LogP contribution in [0.4, 0.5) is 4.79 Å². The van der Waals surface area contributed by atoms with Crippen LogP contribution in [0.1, 0.15) is 26.3 Å². The Kier molecular flexibility index (Phi) is 4.52. The number of nitrogens with one attached hydrogen (secondary N) is 1. The third-order valence-corrected chi connectivity index (χ3v) is 2.54. The van der Waals surface area contributed by atoms with E-state index in [1.165, 1.54) is 0 Å². The molecule has 4 nitrogen and oxygen atoms in total. The van der Waals surface area contributed by atoms with Gasteiger partial charge in [-0.3, -0.25) is 0 Å². The van der Waals surface area contributed by atoms with E-state index in [-0.39, 0.29) is 6.10 Å². The molecule has 0 aliphatic carbocycles. The number of alkyl carbamates (subject to hydrolysis) is 1. The van der Waals surface area contributed by atoms with Crippen molar-refractivity contribution in [2.75, 3.05) is 6.54 Å². The smallest absolute Gasteiger partial charge is 0.408 e. The van der Waals surface area contributed by atoms with Crippen LogP contribution in [0.2, 0.25) is 0 Å². The third-order valence-electron chi connectivity index (χ3n) is 2.54. The molecule has 1 aromatic carbocycles. The zero-order chi connectivity index (χ0) is 12.9. The number of carbonyl (C=O) groups excluding carboxylic acids is 1. The molecule has 0 aliphatic heterocycles. The molecule has 0 saturated carbocycles. The standard InChI is InChI=1S/C13H20N2O2/c1-10(2)17-12(16)15-13(3,9-14)11-7-5-4-6-8-11/h4-8,10H,9,14H2,1-3H3,(H,15,16). The largest absolute Gasteiger partial charge is 0.447 e. The van der Waals surface area contributed by atoms with Crippen molar-refractivity contribution in [3.8, 4) is 0 Å².